The van der Waals surface area contributed by atoms with Crippen LogP contribution in [0.5, 0.6) is 5.75 Å². The Hall–Kier alpha value is -4.49. The van der Waals surface area contributed by atoms with Gasteiger partial charge < -0.3 is 14.9 Å². The highest BCUT2D eigenvalue weighted by atomic mass is 16.5. The van der Waals surface area contributed by atoms with Gasteiger partial charge in [0.2, 0.25) is 0 Å². The first-order valence-electron chi connectivity index (χ1n) is 13.7. The zero-order valence-electron chi connectivity index (χ0n) is 24.0. The average molecular weight is 551 g/mol. The normalized spacial score (nSPS) is 12.5. The average Bonchev–Trinajstić information content (AvgIpc) is 2.89. The molecule has 1 aliphatic heterocycles. The van der Waals surface area contributed by atoms with Crippen molar-refractivity contribution < 1.29 is 19.7 Å². The number of rotatable bonds is 4. The van der Waals surface area contributed by atoms with Crippen LogP contribution in [0.4, 0.5) is 0 Å². The van der Waals surface area contributed by atoms with E-state index in [1.807, 2.05) is 62.4 Å². The third-order valence-electron chi connectivity index (χ3n) is 6.96. The molecule has 0 fully saturated rings. The maximum atomic E-state index is 13.2. The summed E-state index contributed by atoms with van der Waals surface area (Å²) in [6.45, 7) is 9.74. The molecule has 5 aromatic rings. The molecule has 0 aliphatic carbocycles. The molecule has 0 bridgehead atoms. The lowest BCUT2D eigenvalue weighted by atomic mass is 9.87. The largest absolute Gasteiger partial charge is 0.493 e. The molecule has 7 heteroatoms. The molecule has 0 amide bonds. The maximum absolute atomic E-state index is 13.2. The van der Waals surface area contributed by atoms with E-state index in [0.717, 1.165) is 67.5 Å². The highest BCUT2D eigenvalue weighted by Gasteiger charge is 2.23. The third-order valence-corrected chi connectivity index (χ3v) is 6.96. The Balaban J connectivity index is 0.000000623. The van der Waals surface area contributed by atoms with Gasteiger partial charge in [-0.1, -0.05) is 12.1 Å². The van der Waals surface area contributed by atoms with Crippen LogP contribution < -0.4 is 10.3 Å². The fraction of sp³-hybridized carbons (Fsp3) is 0.265. The number of aliphatic carboxylic acids is 1. The number of hydrogen-bond acceptors (Lipinski definition) is 5. The van der Waals surface area contributed by atoms with Crippen molar-refractivity contribution in [3.63, 3.8) is 0 Å². The Kier molecular flexibility index (Phi) is 7.41. The number of nitrogens with zero attached hydrogens (tertiary/aromatic N) is 2. The fourth-order valence-corrected chi connectivity index (χ4v) is 5.38. The maximum Gasteiger partial charge on any atom is 0.307 e. The summed E-state index contributed by atoms with van der Waals surface area (Å²) in [6, 6.07) is 19.0. The second-order valence-corrected chi connectivity index (χ2v) is 11.5. The lowest BCUT2D eigenvalue weighted by molar-refractivity contribution is -0.136. The van der Waals surface area contributed by atoms with Crippen molar-refractivity contribution in [2.45, 2.75) is 53.1 Å². The Bertz CT molecular complexity index is 1850. The number of aryl methyl sites for hydroxylation is 2. The van der Waals surface area contributed by atoms with Gasteiger partial charge in [-0.3, -0.25) is 19.1 Å². The molecular weight excluding hydrogens is 516 g/mol. The van der Waals surface area contributed by atoms with Crippen molar-refractivity contribution in [2.24, 2.45) is 0 Å². The van der Waals surface area contributed by atoms with Gasteiger partial charge in [-0.2, -0.15) is 0 Å². The highest BCUT2D eigenvalue weighted by Crippen LogP contribution is 2.42. The van der Waals surface area contributed by atoms with Gasteiger partial charge in [0.15, 0.2) is 0 Å². The van der Waals surface area contributed by atoms with Crippen LogP contribution in [0.2, 0.25) is 0 Å². The Morgan fingerprint density at radius 1 is 1.05 bits per heavy atom. The highest BCUT2D eigenvalue weighted by molar-refractivity contribution is 6.08. The predicted molar refractivity (Wildman–Crippen MR) is 162 cm³/mol. The molecule has 210 valence electrons. The molecule has 0 saturated heterocycles. The monoisotopic (exact) mass is 550 g/mol. The van der Waals surface area contributed by atoms with E-state index >= 15 is 0 Å². The summed E-state index contributed by atoms with van der Waals surface area (Å²) in [5.74, 6) is -0.124. The van der Waals surface area contributed by atoms with Gasteiger partial charge in [-0.25, -0.2) is 0 Å². The van der Waals surface area contributed by atoms with Gasteiger partial charge in [0, 0.05) is 40.7 Å². The van der Waals surface area contributed by atoms with E-state index in [0.29, 0.717) is 12.2 Å². The Labute approximate surface area is 238 Å². The van der Waals surface area contributed by atoms with E-state index in [4.69, 9.17) is 14.8 Å². The predicted octanol–water partition coefficient (Wildman–Crippen LogP) is 6.16. The number of hydrogen-bond donors (Lipinski definition) is 2. The topological polar surface area (TPSA) is 102 Å². The molecule has 6 rings (SSSR count). The number of benzene rings is 3. The van der Waals surface area contributed by atoms with E-state index in [1.54, 1.807) is 43.7 Å². The first-order chi connectivity index (χ1) is 19.4. The summed E-state index contributed by atoms with van der Waals surface area (Å²) < 4.78 is 7.62. The van der Waals surface area contributed by atoms with Gasteiger partial charge >= 0.3 is 5.97 Å². The van der Waals surface area contributed by atoms with Crippen molar-refractivity contribution in [1.82, 2.24) is 9.55 Å². The van der Waals surface area contributed by atoms with Crippen LogP contribution in [0.15, 0.2) is 71.7 Å². The van der Waals surface area contributed by atoms with Gasteiger partial charge in [0.05, 0.1) is 29.7 Å². The number of carboxylic acids is 1. The molecule has 2 aromatic heterocycles. The number of aliphatic hydroxyl groups is 1. The molecule has 0 atom stereocenters. The minimum absolute atomic E-state index is 0.139. The summed E-state index contributed by atoms with van der Waals surface area (Å²) in [4.78, 5) is 29.8. The number of fused-ring (bicyclic) bond motifs is 1. The molecule has 0 saturated carbocycles. The molecule has 0 spiro atoms. The summed E-state index contributed by atoms with van der Waals surface area (Å²) in [5, 5.41) is 20.1. The standard InChI is InChI=1S/C30H24N2O4.C4H10O/c1-17-4-3-5-20(14-17)32-24-15-18(2)23(16-27(34)35)29(21(24)7-9-26(32)33)22-6-8-25-28-19(11-13-36-25)10-12-31-30(22)28;1-4(2,3)5/h3-10,12,14-15H,11,13,16H2,1-2H3,(H,34,35);5H,1-3H3. The minimum Gasteiger partial charge on any atom is -0.493 e. The van der Waals surface area contributed by atoms with Crippen LogP contribution in [0.1, 0.15) is 43.0 Å². The van der Waals surface area contributed by atoms with Crippen LogP contribution in [-0.2, 0) is 17.6 Å². The van der Waals surface area contributed by atoms with E-state index in [1.165, 1.54) is 0 Å². The van der Waals surface area contributed by atoms with E-state index in [2.05, 4.69) is 0 Å². The van der Waals surface area contributed by atoms with Crippen molar-refractivity contribution >= 4 is 27.8 Å². The second kappa shape index (κ2) is 10.8. The zero-order chi connectivity index (χ0) is 29.5. The zero-order valence-corrected chi connectivity index (χ0v) is 24.0. The SMILES string of the molecule is CC(C)(C)O.Cc1cccc(-n2c(=O)ccc3c(-c4ccc5c6c(ccnc46)CCO5)c(CC(=O)O)c(C)cc32)c1. The minimum atomic E-state index is -0.912. The molecule has 0 unspecified atom stereocenters. The molecular formula is C34H34N2O5. The number of pyridine rings is 2. The van der Waals surface area contributed by atoms with E-state index in [9.17, 15) is 14.7 Å². The number of carboxylic acid groups (broad SMARTS) is 1. The summed E-state index contributed by atoms with van der Waals surface area (Å²) in [5.41, 5.74) is 6.98. The van der Waals surface area contributed by atoms with Crippen LogP contribution >= 0.6 is 0 Å². The van der Waals surface area contributed by atoms with Crippen molar-refractivity contribution in [2.75, 3.05) is 6.61 Å². The van der Waals surface area contributed by atoms with Gasteiger partial charge in [-0.05, 0) is 105 Å². The third kappa shape index (κ3) is 5.72. The van der Waals surface area contributed by atoms with Gasteiger partial charge in [0.1, 0.15) is 5.75 Å². The lowest BCUT2D eigenvalue weighted by Crippen LogP contribution is -2.18. The quantitative estimate of drug-likeness (QED) is 0.278. The summed E-state index contributed by atoms with van der Waals surface area (Å²) in [7, 11) is 0. The molecule has 2 N–H and O–H groups in total. The van der Waals surface area contributed by atoms with E-state index < -0.39 is 11.6 Å². The van der Waals surface area contributed by atoms with E-state index in [-0.39, 0.29) is 12.0 Å². The van der Waals surface area contributed by atoms with Crippen LogP contribution in [0.3, 0.4) is 0 Å². The lowest BCUT2D eigenvalue weighted by Gasteiger charge is -2.22. The van der Waals surface area contributed by atoms with Gasteiger partial charge in [0.25, 0.3) is 5.56 Å². The van der Waals surface area contributed by atoms with Crippen molar-refractivity contribution in [1.29, 1.82) is 0 Å². The molecule has 3 heterocycles. The molecule has 3 aromatic carbocycles. The van der Waals surface area contributed by atoms with Gasteiger partial charge in [-0.15, -0.1) is 0 Å². The first-order valence-corrected chi connectivity index (χ1v) is 13.7. The van der Waals surface area contributed by atoms with Crippen molar-refractivity contribution in [3.8, 4) is 22.6 Å². The molecule has 0 radical (unpaired) electrons. The number of aromatic nitrogens is 2. The van der Waals surface area contributed by atoms with Crippen LogP contribution in [-0.4, -0.2) is 37.9 Å². The Morgan fingerprint density at radius 2 is 1.80 bits per heavy atom. The van der Waals surface area contributed by atoms with Crippen molar-refractivity contribution in [3.05, 3.63) is 99.5 Å². The molecule has 1 aliphatic rings. The second-order valence-electron chi connectivity index (χ2n) is 11.5. The molecule has 41 heavy (non-hydrogen) atoms. The fourth-order valence-electron chi connectivity index (χ4n) is 5.38. The number of ether oxygens (including phenoxy) is 1. The molecule has 7 nitrogen and oxygen atoms in total. The Morgan fingerprint density at radius 3 is 2.51 bits per heavy atom. The summed E-state index contributed by atoms with van der Waals surface area (Å²) >= 11 is 0. The summed E-state index contributed by atoms with van der Waals surface area (Å²) in [6.07, 6.45) is 2.45. The van der Waals surface area contributed by atoms with Crippen LogP contribution in [0.25, 0.3) is 38.6 Å². The smallest absolute Gasteiger partial charge is 0.307 e. The number of carbonyl (C=O) groups is 1. The van der Waals surface area contributed by atoms with Crippen LogP contribution in [0, 0.1) is 13.8 Å². The first kappa shape index (κ1) is 28.1.